The van der Waals surface area contributed by atoms with Crippen molar-refractivity contribution >= 4 is 23.5 Å². The first-order chi connectivity index (χ1) is 9.71. The number of hydrogen-bond donors (Lipinski definition) is 8. The summed E-state index contributed by atoms with van der Waals surface area (Å²) < 4.78 is 82.6. The van der Waals surface area contributed by atoms with Crippen LogP contribution in [0.3, 0.4) is 0 Å². The maximum atomic E-state index is 9.53. The number of phosphoric acid groups is 3. The van der Waals surface area contributed by atoms with Crippen LogP contribution in [-0.2, 0) is 78.5 Å². The van der Waals surface area contributed by atoms with Crippen molar-refractivity contribution in [1.82, 2.24) is 0 Å². The first-order valence-electron chi connectivity index (χ1n) is 3.66. The number of hydrogen-bond acceptors (Lipinski definition) is 11. The molecule has 152 valence electrons. The average molecular weight is 613 g/mol. The molecule has 0 rings (SSSR count). The van der Waals surface area contributed by atoms with Crippen molar-refractivity contribution in [2.75, 3.05) is 0 Å². The third-order valence-corrected chi connectivity index (χ3v) is 2.92. The Kier molecular flexibility index (Phi) is 28.6. The van der Waals surface area contributed by atoms with Crippen LogP contribution in [0.5, 0.6) is 0 Å². The fourth-order valence-corrected chi connectivity index (χ4v) is 1.85. The van der Waals surface area contributed by atoms with Gasteiger partial charge in [0.15, 0.2) is 0 Å². The van der Waals surface area contributed by atoms with Crippen molar-refractivity contribution < 1.29 is 182 Å². The van der Waals surface area contributed by atoms with Gasteiger partial charge >= 0.3 is 124 Å². The van der Waals surface area contributed by atoms with Gasteiger partial charge in [-0.3, -0.25) is 13.7 Å². The first-order valence-corrected chi connectivity index (χ1v) is 12.5. The summed E-state index contributed by atoms with van der Waals surface area (Å²) in [7, 11) is -14.7. The Hall–Kier alpha value is 2.73. The molecule has 0 aromatic rings. The predicted molar refractivity (Wildman–Crippen MR) is 44.4 cm³/mol. The minimum Gasteiger partial charge on any atom is 2.00 e. The second kappa shape index (κ2) is 17.4. The molecule has 0 aromatic heterocycles. The fourth-order valence-electron chi connectivity index (χ4n) is 0.109. The zero-order valence-corrected chi connectivity index (χ0v) is 23.3. The molecular formula is H8Cr2KO19P3Zn. The molecule has 0 aliphatic rings. The van der Waals surface area contributed by atoms with E-state index in [9.17, 15) is 15.2 Å². The van der Waals surface area contributed by atoms with Crippen LogP contribution in [0.25, 0.3) is 0 Å². The van der Waals surface area contributed by atoms with E-state index in [1.807, 2.05) is 0 Å². The van der Waals surface area contributed by atoms with Crippen LogP contribution < -0.4 is 66.1 Å². The van der Waals surface area contributed by atoms with E-state index in [4.69, 9.17) is 66.1 Å². The van der Waals surface area contributed by atoms with Gasteiger partial charge in [0.1, 0.15) is 0 Å². The van der Waals surface area contributed by atoms with Crippen LogP contribution >= 0.6 is 23.5 Å². The van der Waals surface area contributed by atoms with Crippen LogP contribution in [0.15, 0.2) is 0 Å². The standard InChI is InChI=1S/2Cr.K.3H3O4P.2H2O.5O.Zn/c;;;3*1-5(2,3)4;;;;;;;;/h;;;3*(H3,1,2,3,4);2*1H2;;;;;;/q3*+1;;;;;;;;;;;+2/p-5. The molecular weight excluding hydrogens is 605 g/mol. The zero-order valence-electron chi connectivity index (χ0n) is 11.9. The molecule has 0 heterocycles. The van der Waals surface area contributed by atoms with Crippen LogP contribution in [0.2, 0.25) is 0 Å². The van der Waals surface area contributed by atoms with Crippen molar-refractivity contribution in [3.63, 3.8) is 0 Å². The molecule has 0 aliphatic carbocycles. The molecule has 0 spiro atoms. The molecule has 0 radical (unpaired) electrons. The summed E-state index contributed by atoms with van der Waals surface area (Å²) in [6.07, 6.45) is 0. The van der Waals surface area contributed by atoms with E-state index in [1.165, 1.54) is 0 Å². The fraction of sp³-hybridized carbons (Fsp3) is 0. The van der Waals surface area contributed by atoms with E-state index in [-0.39, 0.29) is 70.9 Å². The second-order valence-electron chi connectivity index (χ2n) is 2.40. The molecule has 0 fully saturated rings. The van der Waals surface area contributed by atoms with Gasteiger partial charge in [-0.05, 0) is 0 Å². The van der Waals surface area contributed by atoms with E-state index in [0.717, 1.165) is 0 Å². The van der Waals surface area contributed by atoms with Gasteiger partial charge in [-0.25, -0.2) is 0 Å². The van der Waals surface area contributed by atoms with E-state index in [1.54, 1.807) is 0 Å². The first kappa shape index (κ1) is 42.8. The van der Waals surface area contributed by atoms with Crippen LogP contribution in [0.4, 0.5) is 0 Å². The van der Waals surface area contributed by atoms with Crippen molar-refractivity contribution in [2.45, 2.75) is 0 Å². The largest absolute Gasteiger partial charge is 2.00 e. The topological polar surface area (TPSA) is 360 Å². The molecule has 26 heavy (non-hydrogen) atoms. The predicted octanol–water partition coefficient (Wildman–Crippen LogP) is -9.34. The molecule has 0 unspecified atom stereocenters. The van der Waals surface area contributed by atoms with E-state index >= 15 is 0 Å². The molecule has 0 bridgehead atoms. The van der Waals surface area contributed by atoms with E-state index < -0.39 is 50.7 Å². The Morgan fingerprint density at radius 2 is 0.692 bits per heavy atom. The van der Waals surface area contributed by atoms with Gasteiger partial charge in [0.25, 0.3) is 23.5 Å². The van der Waals surface area contributed by atoms with Gasteiger partial charge in [-0.1, -0.05) is 0 Å². The third-order valence-electron chi connectivity index (χ3n) is 0.172. The summed E-state index contributed by atoms with van der Waals surface area (Å²) in [4.78, 5) is 68.8. The van der Waals surface area contributed by atoms with Gasteiger partial charge in [-0.2, -0.15) is 0 Å². The molecule has 0 aromatic carbocycles. The molecule has 26 heteroatoms. The second-order valence-corrected chi connectivity index (χ2v) is 9.10. The molecule has 0 saturated heterocycles. The molecule has 0 saturated carbocycles. The molecule has 0 amide bonds. The van der Waals surface area contributed by atoms with Gasteiger partial charge < -0.3 is 44.0 Å². The Labute approximate surface area is 203 Å². The van der Waals surface area contributed by atoms with E-state index in [2.05, 4.69) is 2.84 Å². The van der Waals surface area contributed by atoms with Gasteiger partial charge in [0, 0.05) is 0 Å². The monoisotopic (exact) mass is 612 g/mol. The summed E-state index contributed by atoms with van der Waals surface area (Å²) in [6.45, 7) is 0. The van der Waals surface area contributed by atoms with E-state index in [0.29, 0.717) is 0 Å². The number of rotatable bonds is 2. The maximum absolute atomic E-state index is 9.53. The Morgan fingerprint density at radius 1 is 0.615 bits per heavy atom. The normalized spacial score (nSPS) is 11.5. The zero-order chi connectivity index (χ0) is 21.2. The average Bonchev–Trinajstić information content (AvgIpc) is 1.80. The minimum absolute atomic E-state index is 0. The minimum atomic E-state index is -5.76. The van der Waals surface area contributed by atoms with Gasteiger partial charge in [0.05, 0.1) is 0 Å². The molecule has 0 atom stereocenters. The summed E-state index contributed by atoms with van der Waals surface area (Å²) in [6, 6.07) is 0. The van der Waals surface area contributed by atoms with Crippen molar-refractivity contribution in [3.05, 3.63) is 0 Å². The SMILES string of the molecule is O=P([O-])(O)O.O=P([O-])(O)O.O=P([O-])(O)O.[K+].[O]=[Cr](=[O])([OH])[O][Cr](=[O])(=[O])[OH].[Zn+2]. The van der Waals surface area contributed by atoms with Gasteiger partial charge in [-0.15, -0.1) is 0 Å². The summed E-state index contributed by atoms with van der Waals surface area (Å²) in [5, 5.41) is 0. The van der Waals surface area contributed by atoms with Crippen LogP contribution in [-0.4, -0.2) is 37.7 Å². The Bertz CT molecular complexity index is 568. The molecule has 0 aliphatic heterocycles. The van der Waals surface area contributed by atoms with Crippen LogP contribution in [0, 0.1) is 0 Å². The van der Waals surface area contributed by atoms with Crippen molar-refractivity contribution in [1.29, 1.82) is 0 Å². The van der Waals surface area contributed by atoms with Crippen LogP contribution in [0.1, 0.15) is 0 Å². The molecule has 19 nitrogen and oxygen atoms in total. The summed E-state index contributed by atoms with van der Waals surface area (Å²) >= 11 is -11.5. The van der Waals surface area contributed by atoms with Crippen molar-refractivity contribution in [3.8, 4) is 0 Å². The Balaban J connectivity index is -0.0000000521. The summed E-state index contributed by atoms with van der Waals surface area (Å²) in [5.74, 6) is 0. The van der Waals surface area contributed by atoms with Crippen molar-refractivity contribution in [2.24, 2.45) is 0 Å². The molecule has 8 N–H and O–H groups in total. The maximum Gasteiger partial charge on any atom is 2.00 e. The van der Waals surface area contributed by atoms with Gasteiger partial charge in [0.2, 0.25) is 0 Å². The quantitative estimate of drug-likeness (QED) is 0.106. The smallest absolute Gasteiger partial charge is 2.00 e. The third kappa shape index (κ3) is 232. The summed E-state index contributed by atoms with van der Waals surface area (Å²) in [5.41, 5.74) is 0. The Morgan fingerprint density at radius 3 is 0.692 bits per heavy atom.